The molecule has 0 aliphatic rings. The summed E-state index contributed by atoms with van der Waals surface area (Å²) in [4.78, 5) is 0. The van der Waals surface area contributed by atoms with Crippen molar-refractivity contribution in [1.29, 1.82) is 0 Å². The SMILES string of the molecule is CCC/C=C(\C)COCc1ccc(Cl)cc1. The smallest absolute Gasteiger partial charge is 0.0721 e. The van der Waals surface area contributed by atoms with Gasteiger partial charge in [-0.2, -0.15) is 0 Å². The van der Waals surface area contributed by atoms with Crippen LogP contribution in [-0.4, -0.2) is 6.61 Å². The van der Waals surface area contributed by atoms with Gasteiger partial charge < -0.3 is 4.74 Å². The Morgan fingerprint density at radius 2 is 2.00 bits per heavy atom. The minimum atomic E-state index is 0.647. The maximum atomic E-state index is 5.80. The van der Waals surface area contributed by atoms with E-state index in [0.717, 1.165) is 17.0 Å². The predicted molar refractivity (Wildman–Crippen MR) is 69.8 cm³/mol. The van der Waals surface area contributed by atoms with Gasteiger partial charge in [0.25, 0.3) is 0 Å². The molecule has 1 nitrogen and oxygen atoms in total. The highest BCUT2D eigenvalue weighted by molar-refractivity contribution is 6.30. The highest BCUT2D eigenvalue weighted by Crippen LogP contribution is 2.10. The van der Waals surface area contributed by atoms with Crippen molar-refractivity contribution in [3.05, 3.63) is 46.5 Å². The minimum absolute atomic E-state index is 0.647. The summed E-state index contributed by atoms with van der Waals surface area (Å²) in [5.41, 5.74) is 2.46. The lowest BCUT2D eigenvalue weighted by Crippen LogP contribution is -1.96. The number of halogens is 1. The fraction of sp³-hybridized carbons (Fsp3) is 0.429. The van der Waals surface area contributed by atoms with E-state index in [2.05, 4.69) is 19.9 Å². The number of unbranched alkanes of at least 4 members (excludes halogenated alkanes) is 1. The first-order valence-electron chi connectivity index (χ1n) is 5.70. The molecule has 1 aromatic carbocycles. The minimum Gasteiger partial charge on any atom is -0.372 e. The number of ether oxygens (including phenoxy) is 1. The van der Waals surface area contributed by atoms with Crippen molar-refractivity contribution in [2.75, 3.05) is 6.61 Å². The first-order chi connectivity index (χ1) is 7.72. The highest BCUT2D eigenvalue weighted by atomic mass is 35.5. The third-order valence-corrected chi connectivity index (χ3v) is 2.55. The molecule has 1 rings (SSSR count). The molecule has 0 atom stereocenters. The van der Waals surface area contributed by atoms with Gasteiger partial charge in [-0.15, -0.1) is 0 Å². The van der Waals surface area contributed by atoms with E-state index in [1.54, 1.807) is 0 Å². The van der Waals surface area contributed by atoms with E-state index >= 15 is 0 Å². The van der Waals surface area contributed by atoms with Crippen molar-refractivity contribution < 1.29 is 4.74 Å². The molecule has 0 amide bonds. The Morgan fingerprint density at radius 3 is 2.62 bits per heavy atom. The number of benzene rings is 1. The lowest BCUT2D eigenvalue weighted by molar-refractivity contribution is 0.142. The Balaban J connectivity index is 2.27. The van der Waals surface area contributed by atoms with Crippen LogP contribution in [0.4, 0.5) is 0 Å². The summed E-state index contributed by atoms with van der Waals surface area (Å²) in [6, 6.07) is 7.76. The van der Waals surface area contributed by atoms with Gasteiger partial charge in [-0.1, -0.05) is 48.7 Å². The largest absolute Gasteiger partial charge is 0.372 e. The summed E-state index contributed by atoms with van der Waals surface area (Å²) in [5.74, 6) is 0. The predicted octanol–water partition coefficient (Wildman–Crippen LogP) is 4.60. The molecule has 2 heteroatoms. The van der Waals surface area contributed by atoms with Crippen LogP contribution in [0, 0.1) is 0 Å². The summed E-state index contributed by atoms with van der Waals surface area (Å²) in [5, 5.41) is 0.766. The Morgan fingerprint density at radius 1 is 1.31 bits per heavy atom. The summed E-state index contributed by atoms with van der Waals surface area (Å²) >= 11 is 5.80. The lowest BCUT2D eigenvalue weighted by Gasteiger charge is -2.05. The van der Waals surface area contributed by atoms with Gasteiger partial charge in [0.15, 0.2) is 0 Å². The van der Waals surface area contributed by atoms with Crippen LogP contribution in [0.1, 0.15) is 32.3 Å². The Hall–Kier alpha value is -0.790. The van der Waals surface area contributed by atoms with Gasteiger partial charge in [0.05, 0.1) is 13.2 Å². The van der Waals surface area contributed by atoms with Gasteiger partial charge in [0.2, 0.25) is 0 Å². The Bertz CT molecular complexity index is 327. The zero-order valence-electron chi connectivity index (χ0n) is 10.0. The number of hydrogen-bond acceptors (Lipinski definition) is 1. The molecule has 0 N–H and O–H groups in total. The van der Waals surface area contributed by atoms with E-state index in [0.29, 0.717) is 13.2 Å². The molecule has 0 heterocycles. The fourth-order valence-corrected chi connectivity index (χ4v) is 1.49. The van der Waals surface area contributed by atoms with Crippen molar-refractivity contribution in [1.82, 2.24) is 0 Å². The summed E-state index contributed by atoms with van der Waals surface area (Å²) in [6.45, 7) is 5.65. The molecule has 0 aliphatic heterocycles. The number of allylic oxidation sites excluding steroid dienone is 1. The van der Waals surface area contributed by atoms with E-state index in [4.69, 9.17) is 16.3 Å². The second-order valence-electron chi connectivity index (χ2n) is 3.96. The average molecular weight is 239 g/mol. The quantitative estimate of drug-likeness (QED) is 0.658. The lowest BCUT2D eigenvalue weighted by atomic mass is 10.2. The third kappa shape index (κ3) is 5.34. The van der Waals surface area contributed by atoms with Gasteiger partial charge >= 0.3 is 0 Å². The van der Waals surface area contributed by atoms with Crippen molar-refractivity contribution in [2.24, 2.45) is 0 Å². The monoisotopic (exact) mass is 238 g/mol. The van der Waals surface area contributed by atoms with Crippen LogP contribution in [0.25, 0.3) is 0 Å². The van der Waals surface area contributed by atoms with Crippen LogP contribution < -0.4 is 0 Å². The first-order valence-corrected chi connectivity index (χ1v) is 6.08. The molecular formula is C14H19ClO. The molecule has 0 aliphatic carbocycles. The Labute approximate surface area is 103 Å². The number of hydrogen-bond donors (Lipinski definition) is 0. The summed E-state index contributed by atoms with van der Waals surface area (Å²) in [6.07, 6.45) is 4.56. The summed E-state index contributed by atoms with van der Waals surface area (Å²) < 4.78 is 5.61. The molecule has 0 fully saturated rings. The van der Waals surface area contributed by atoms with Crippen molar-refractivity contribution in [2.45, 2.75) is 33.3 Å². The molecule has 0 unspecified atom stereocenters. The van der Waals surface area contributed by atoms with E-state index in [9.17, 15) is 0 Å². The molecule has 1 aromatic rings. The zero-order chi connectivity index (χ0) is 11.8. The molecule has 16 heavy (non-hydrogen) atoms. The van der Waals surface area contributed by atoms with E-state index < -0.39 is 0 Å². The molecule has 88 valence electrons. The van der Waals surface area contributed by atoms with Crippen LogP contribution in [0.15, 0.2) is 35.9 Å². The van der Waals surface area contributed by atoms with Gasteiger partial charge in [-0.3, -0.25) is 0 Å². The average Bonchev–Trinajstić information content (AvgIpc) is 2.29. The van der Waals surface area contributed by atoms with Gasteiger partial charge in [-0.25, -0.2) is 0 Å². The maximum absolute atomic E-state index is 5.80. The van der Waals surface area contributed by atoms with Crippen LogP contribution >= 0.6 is 11.6 Å². The first kappa shape index (κ1) is 13.3. The molecule has 0 saturated carbocycles. The van der Waals surface area contributed by atoms with E-state index in [1.807, 2.05) is 24.3 Å². The topological polar surface area (TPSA) is 9.23 Å². The van der Waals surface area contributed by atoms with Crippen LogP contribution in [0.2, 0.25) is 5.02 Å². The highest BCUT2D eigenvalue weighted by Gasteiger charge is 1.94. The number of rotatable bonds is 6. The zero-order valence-corrected chi connectivity index (χ0v) is 10.8. The van der Waals surface area contributed by atoms with Crippen molar-refractivity contribution >= 4 is 11.6 Å². The van der Waals surface area contributed by atoms with Crippen LogP contribution in [0.5, 0.6) is 0 Å². The van der Waals surface area contributed by atoms with Gasteiger partial charge in [0.1, 0.15) is 0 Å². The molecular weight excluding hydrogens is 220 g/mol. The van der Waals surface area contributed by atoms with E-state index in [1.165, 1.54) is 12.0 Å². The molecule has 0 bridgehead atoms. The van der Waals surface area contributed by atoms with Crippen LogP contribution in [0.3, 0.4) is 0 Å². The van der Waals surface area contributed by atoms with E-state index in [-0.39, 0.29) is 0 Å². The third-order valence-electron chi connectivity index (χ3n) is 2.29. The standard InChI is InChI=1S/C14H19ClO/c1-3-4-5-12(2)10-16-11-13-6-8-14(15)9-7-13/h5-9H,3-4,10-11H2,1-2H3/b12-5+. The van der Waals surface area contributed by atoms with Gasteiger partial charge in [0, 0.05) is 5.02 Å². The molecule has 0 saturated heterocycles. The van der Waals surface area contributed by atoms with Crippen molar-refractivity contribution in [3.8, 4) is 0 Å². The van der Waals surface area contributed by atoms with Crippen LogP contribution in [-0.2, 0) is 11.3 Å². The normalized spacial score (nSPS) is 11.8. The molecule has 0 radical (unpaired) electrons. The van der Waals surface area contributed by atoms with Gasteiger partial charge in [-0.05, 0) is 31.0 Å². The fourth-order valence-electron chi connectivity index (χ4n) is 1.36. The Kier molecular flexibility index (Phi) is 6.20. The molecule has 0 aromatic heterocycles. The second-order valence-corrected chi connectivity index (χ2v) is 4.39. The summed E-state index contributed by atoms with van der Waals surface area (Å²) in [7, 11) is 0. The molecule has 0 spiro atoms. The van der Waals surface area contributed by atoms with Crippen molar-refractivity contribution in [3.63, 3.8) is 0 Å². The maximum Gasteiger partial charge on any atom is 0.0721 e. The second kappa shape index (κ2) is 7.48.